The number of hydrogen-bond donors (Lipinski definition) is 1. The van der Waals surface area contributed by atoms with E-state index in [0.29, 0.717) is 13.0 Å². The second kappa shape index (κ2) is 4.91. The van der Waals surface area contributed by atoms with Crippen LogP contribution in [0.1, 0.15) is 12.0 Å². The van der Waals surface area contributed by atoms with E-state index in [-0.39, 0.29) is 18.4 Å². The third-order valence-electron chi connectivity index (χ3n) is 2.84. The van der Waals surface area contributed by atoms with E-state index in [2.05, 4.69) is 21.9 Å². The van der Waals surface area contributed by atoms with Gasteiger partial charge in [-0.05, 0) is 33.6 Å². The van der Waals surface area contributed by atoms with Crippen LogP contribution in [0.25, 0.3) is 0 Å². The molecule has 1 aliphatic heterocycles. The standard InChI is InChI=1S/C13H12BrNO2/c1-2-9-6-13(17)15(7-9)12-5-10(8-16)3-4-11(12)14/h1,3-5,9,16H,6-8H2. The Morgan fingerprint density at radius 1 is 1.59 bits per heavy atom. The van der Waals surface area contributed by atoms with Crippen molar-refractivity contribution in [2.75, 3.05) is 11.4 Å². The van der Waals surface area contributed by atoms with Gasteiger partial charge in [-0.1, -0.05) is 6.07 Å². The maximum atomic E-state index is 11.8. The van der Waals surface area contributed by atoms with E-state index in [4.69, 9.17) is 11.5 Å². The number of terminal acetylenes is 1. The molecule has 1 heterocycles. The maximum Gasteiger partial charge on any atom is 0.228 e. The number of nitrogens with zero attached hydrogens (tertiary/aromatic N) is 1. The number of amides is 1. The molecule has 0 radical (unpaired) electrons. The minimum absolute atomic E-state index is 0.0211. The summed E-state index contributed by atoms with van der Waals surface area (Å²) in [5, 5.41) is 9.11. The SMILES string of the molecule is C#CC1CC(=O)N(c2cc(CO)ccc2Br)C1. The monoisotopic (exact) mass is 293 g/mol. The van der Waals surface area contributed by atoms with Crippen LogP contribution in [0.5, 0.6) is 0 Å². The van der Waals surface area contributed by atoms with Crippen LogP contribution in [0.2, 0.25) is 0 Å². The molecule has 2 rings (SSSR count). The van der Waals surface area contributed by atoms with Gasteiger partial charge in [0.2, 0.25) is 5.91 Å². The topological polar surface area (TPSA) is 40.5 Å². The first-order chi connectivity index (χ1) is 8.15. The summed E-state index contributed by atoms with van der Waals surface area (Å²) in [6.07, 6.45) is 5.74. The number of aliphatic hydroxyl groups excluding tert-OH is 1. The van der Waals surface area contributed by atoms with Crippen molar-refractivity contribution in [2.45, 2.75) is 13.0 Å². The maximum absolute atomic E-state index is 11.8. The smallest absolute Gasteiger partial charge is 0.228 e. The number of carbonyl (C=O) groups excluding carboxylic acids is 1. The first-order valence-corrected chi connectivity index (χ1v) is 6.10. The van der Waals surface area contributed by atoms with Gasteiger partial charge in [0.1, 0.15) is 0 Å². The molecule has 1 atom stereocenters. The Hall–Kier alpha value is -1.31. The minimum Gasteiger partial charge on any atom is -0.392 e. The van der Waals surface area contributed by atoms with Gasteiger partial charge >= 0.3 is 0 Å². The molecule has 1 aromatic rings. The Morgan fingerprint density at radius 3 is 2.94 bits per heavy atom. The number of rotatable bonds is 2. The fourth-order valence-corrected chi connectivity index (χ4v) is 2.38. The fraction of sp³-hybridized carbons (Fsp3) is 0.308. The van der Waals surface area contributed by atoms with Crippen molar-refractivity contribution in [1.29, 1.82) is 0 Å². The van der Waals surface area contributed by atoms with Crippen LogP contribution in [0, 0.1) is 18.3 Å². The highest BCUT2D eigenvalue weighted by molar-refractivity contribution is 9.10. The lowest BCUT2D eigenvalue weighted by Crippen LogP contribution is -2.24. The average Bonchev–Trinajstić information content (AvgIpc) is 2.71. The number of anilines is 1. The molecule has 1 amide bonds. The summed E-state index contributed by atoms with van der Waals surface area (Å²) in [6, 6.07) is 5.45. The third-order valence-corrected chi connectivity index (χ3v) is 3.52. The summed E-state index contributed by atoms with van der Waals surface area (Å²) in [6.45, 7) is 0.504. The van der Waals surface area contributed by atoms with Gasteiger partial charge in [-0.25, -0.2) is 0 Å². The van der Waals surface area contributed by atoms with E-state index in [1.807, 2.05) is 12.1 Å². The highest BCUT2D eigenvalue weighted by Crippen LogP contribution is 2.32. The van der Waals surface area contributed by atoms with E-state index in [1.165, 1.54) is 0 Å². The minimum atomic E-state index is -0.0408. The van der Waals surface area contributed by atoms with Crippen LogP contribution < -0.4 is 4.90 Å². The van der Waals surface area contributed by atoms with Crippen LogP contribution >= 0.6 is 15.9 Å². The van der Waals surface area contributed by atoms with E-state index in [1.54, 1.807) is 11.0 Å². The molecule has 0 spiro atoms. The zero-order valence-corrected chi connectivity index (χ0v) is 10.8. The summed E-state index contributed by atoms with van der Waals surface area (Å²) in [4.78, 5) is 13.5. The lowest BCUT2D eigenvalue weighted by atomic mass is 10.1. The van der Waals surface area contributed by atoms with Gasteiger partial charge in [0.05, 0.1) is 12.3 Å². The van der Waals surface area contributed by atoms with Crippen LogP contribution in [0.3, 0.4) is 0 Å². The molecule has 4 heteroatoms. The Bertz CT molecular complexity index is 493. The van der Waals surface area contributed by atoms with Gasteiger partial charge in [0.15, 0.2) is 0 Å². The Morgan fingerprint density at radius 2 is 2.35 bits per heavy atom. The van der Waals surface area contributed by atoms with Gasteiger partial charge in [-0.15, -0.1) is 12.3 Å². The normalized spacial score (nSPS) is 19.5. The van der Waals surface area contributed by atoms with E-state index >= 15 is 0 Å². The van der Waals surface area contributed by atoms with Crippen LogP contribution in [-0.4, -0.2) is 17.6 Å². The molecule has 88 valence electrons. The second-order valence-electron chi connectivity index (χ2n) is 4.02. The highest BCUT2D eigenvalue weighted by Gasteiger charge is 2.30. The molecule has 1 saturated heterocycles. The Kier molecular flexibility index (Phi) is 3.51. The number of benzene rings is 1. The van der Waals surface area contributed by atoms with Crippen molar-refractivity contribution in [3.63, 3.8) is 0 Å². The molecular weight excluding hydrogens is 282 g/mol. The van der Waals surface area contributed by atoms with Crippen LogP contribution in [0.15, 0.2) is 22.7 Å². The molecule has 3 nitrogen and oxygen atoms in total. The van der Waals surface area contributed by atoms with Crippen LogP contribution in [-0.2, 0) is 11.4 Å². The number of halogens is 1. The summed E-state index contributed by atoms with van der Waals surface area (Å²) in [7, 11) is 0. The predicted molar refractivity (Wildman–Crippen MR) is 69.4 cm³/mol. The molecule has 0 aromatic heterocycles. The summed E-state index contributed by atoms with van der Waals surface area (Å²) >= 11 is 3.41. The highest BCUT2D eigenvalue weighted by atomic mass is 79.9. The molecule has 1 unspecified atom stereocenters. The molecule has 1 fully saturated rings. The van der Waals surface area contributed by atoms with Crippen LogP contribution in [0.4, 0.5) is 5.69 Å². The first-order valence-electron chi connectivity index (χ1n) is 5.31. The molecule has 0 bridgehead atoms. The summed E-state index contributed by atoms with van der Waals surface area (Å²) in [5.74, 6) is 2.63. The van der Waals surface area contributed by atoms with Gasteiger partial charge in [0.25, 0.3) is 0 Å². The largest absolute Gasteiger partial charge is 0.392 e. The second-order valence-corrected chi connectivity index (χ2v) is 4.87. The van der Waals surface area contributed by atoms with Crippen molar-refractivity contribution in [3.8, 4) is 12.3 Å². The van der Waals surface area contributed by atoms with E-state index in [9.17, 15) is 4.79 Å². The zero-order valence-electron chi connectivity index (χ0n) is 9.19. The summed E-state index contributed by atoms with van der Waals surface area (Å²) in [5.41, 5.74) is 1.56. The van der Waals surface area contributed by atoms with Gasteiger partial charge in [-0.2, -0.15) is 0 Å². The molecule has 1 aromatic carbocycles. The van der Waals surface area contributed by atoms with Gasteiger partial charge in [-0.3, -0.25) is 4.79 Å². The fourth-order valence-electron chi connectivity index (χ4n) is 1.92. The van der Waals surface area contributed by atoms with Gasteiger partial charge < -0.3 is 10.0 Å². The van der Waals surface area contributed by atoms with E-state index < -0.39 is 0 Å². The quantitative estimate of drug-likeness (QED) is 0.847. The van der Waals surface area contributed by atoms with Gasteiger partial charge in [0, 0.05) is 23.4 Å². The van der Waals surface area contributed by atoms with Crippen molar-refractivity contribution in [2.24, 2.45) is 5.92 Å². The Balaban J connectivity index is 2.34. The summed E-state index contributed by atoms with van der Waals surface area (Å²) < 4.78 is 0.834. The number of hydrogen-bond acceptors (Lipinski definition) is 2. The predicted octanol–water partition coefficient (Wildman–Crippen LogP) is 1.93. The third kappa shape index (κ3) is 2.36. The lowest BCUT2D eigenvalue weighted by Gasteiger charge is -2.18. The molecule has 1 N–H and O–H groups in total. The lowest BCUT2D eigenvalue weighted by molar-refractivity contribution is -0.117. The first kappa shape index (κ1) is 12.2. The zero-order chi connectivity index (χ0) is 12.4. The number of aliphatic hydroxyl groups is 1. The molecule has 1 aliphatic rings. The van der Waals surface area contributed by atoms with Crippen molar-refractivity contribution < 1.29 is 9.90 Å². The van der Waals surface area contributed by atoms with Crippen molar-refractivity contribution in [1.82, 2.24) is 0 Å². The van der Waals surface area contributed by atoms with E-state index in [0.717, 1.165) is 15.7 Å². The molecule has 17 heavy (non-hydrogen) atoms. The number of carbonyl (C=O) groups is 1. The van der Waals surface area contributed by atoms with Crippen molar-refractivity contribution in [3.05, 3.63) is 28.2 Å². The molecule has 0 saturated carbocycles. The van der Waals surface area contributed by atoms with Crippen molar-refractivity contribution >= 4 is 27.5 Å². The molecular formula is C13H12BrNO2. The Labute approximate surface area is 109 Å². The average molecular weight is 294 g/mol. The molecule has 0 aliphatic carbocycles.